The molecule has 0 bridgehead atoms. The second kappa shape index (κ2) is 4.99. The Labute approximate surface area is 95.1 Å². The molecule has 4 nitrogen and oxygen atoms in total. The highest BCUT2D eigenvalue weighted by Crippen LogP contribution is 2.06. The molecule has 0 atom stereocenters. The minimum atomic E-state index is -0.556. The fourth-order valence-electron chi connectivity index (χ4n) is 1.95. The molecule has 0 radical (unpaired) electrons. The zero-order chi connectivity index (χ0) is 11.4. The van der Waals surface area contributed by atoms with Gasteiger partial charge in [0.2, 0.25) is 0 Å². The standard InChI is InChI=1S/C12H16N2O2/c15-12(16)14-8-6-13(7-9-14)10-11-4-2-1-3-5-11/h1-5H,6-10H2,(H,15,16)/p+1. The molecule has 1 fully saturated rings. The highest BCUT2D eigenvalue weighted by molar-refractivity contribution is 5.54. The lowest BCUT2D eigenvalue weighted by Gasteiger charge is -2.24. The first-order valence-corrected chi connectivity index (χ1v) is 5.52. The Bertz CT molecular complexity index is 362. The molecule has 86 valence electrons. The van der Waals surface area contributed by atoms with E-state index in [0.717, 1.165) is 19.6 Å². The fourth-order valence-corrected chi connectivity index (χ4v) is 1.95. The summed E-state index contributed by atoms with van der Waals surface area (Å²) in [7, 11) is 0. The van der Waals surface area contributed by atoms with Gasteiger partial charge in [-0.25, -0.2) is 0 Å². The Morgan fingerprint density at radius 2 is 1.75 bits per heavy atom. The Balaban J connectivity index is 1.89. The summed E-state index contributed by atoms with van der Waals surface area (Å²) >= 11 is 0. The number of piperazine rings is 1. The van der Waals surface area contributed by atoms with Gasteiger partial charge >= 0.3 is 6.08 Å². The lowest BCUT2D eigenvalue weighted by atomic mass is 10.2. The summed E-state index contributed by atoms with van der Waals surface area (Å²) in [4.78, 5) is 2.31. The first kappa shape index (κ1) is 11.0. The maximum Gasteiger partial charge on any atom is 0.544 e. The molecule has 2 rings (SSSR count). The van der Waals surface area contributed by atoms with Crippen molar-refractivity contribution in [3.05, 3.63) is 35.9 Å². The van der Waals surface area contributed by atoms with Gasteiger partial charge in [0, 0.05) is 6.54 Å². The largest absolute Gasteiger partial charge is 0.544 e. The SMILES string of the molecule is OC(O)=[N+]1CCN(Cc2ccccc2)CC1. The second-order valence-electron chi connectivity index (χ2n) is 4.05. The van der Waals surface area contributed by atoms with Gasteiger partial charge in [0.15, 0.2) is 13.1 Å². The lowest BCUT2D eigenvalue weighted by molar-refractivity contribution is -0.555. The minimum Gasteiger partial charge on any atom is -0.430 e. The number of hydrogen-bond acceptors (Lipinski definition) is 1. The number of benzene rings is 1. The van der Waals surface area contributed by atoms with Gasteiger partial charge in [-0.2, -0.15) is 4.58 Å². The Morgan fingerprint density at radius 1 is 1.12 bits per heavy atom. The molecule has 4 heteroatoms. The summed E-state index contributed by atoms with van der Waals surface area (Å²) in [5.74, 6) is 0. The average molecular weight is 221 g/mol. The first-order chi connectivity index (χ1) is 7.75. The Morgan fingerprint density at radius 3 is 2.31 bits per heavy atom. The third-order valence-corrected chi connectivity index (χ3v) is 2.90. The summed E-state index contributed by atoms with van der Waals surface area (Å²) in [6.45, 7) is 4.00. The van der Waals surface area contributed by atoms with Crippen LogP contribution in [0.25, 0.3) is 0 Å². The van der Waals surface area contributed by atoms with Crippen LogP contribution < -0.4 is 0 Å². The topological polar surface area (TPSA) is 46.7 Å². The number of rotatable bonds is 2. The van der Waals surface area contributed by atoms with Gasteiger partial charge in [0.1, 0.15) is 0 Å². The number of nitrogens with zero attached hydrogens (tertiary/aromatic N) is 2. The van der Waals surface area contributed by atoms with Crippen LogP contribution in [-0.4, -0.2) is 52.0 Å². The van der Waals surface area contributed by atoms with Gasteiger partial charge in [0.25, 0.3) is 0 Å². The van der Waals surface area contributed by atoms with Crippen LogP contribution in [0.4, 0.5) is 0 Å². The zero-order valence-corrected chi connectivity index (χ0v) is 9.21. The molecule has 0 aliphatic carbocycles. The summed E-state index contributed by atoms with van der Waals surface area (Å²) < 4.78 is 1.58. The summed E-state index contributed by atoms with van der Waals surface area (Å²) in [6.07, 6.45) is -0.556. The molecule has 0 amide bonds. The summed E-state index contributed by atoms with van der Waals surface area (Å²) in [6, 6.07) is 10.3. The molecule has 1 heterocycles. The lowest BCUT2D eigenvalue weighted by Crippen LogP contribution is -2.43. The van der Waals surface area contributed by atoms with Crippen molar-refractivity contribution < 1.29 is 14.8 Å². The third kappa shape index (κ3) is 2.73. The van der Waals surface area contributed by atoms with E-state index in [2.05, 4.69) is 17.0 Å². The van der Waals surface area contributed by atoms with Crippen LogP contribution >= 0.6 is 0 Å². The van der Waals surface area contributed by atoms with Crippen molar-refractivity contribution in [3.8, 4) is 0 Å². The van der Waals surface area contributed by atoms with E-state index in [-0.39, 0.29) is 0 Å². The van der Waals surface area contributed by atoms with Crippen molar-refractivity contribution in [1.29, 1.82) is 0 Å². The normalized spacial score (nSPS) is 17.4. The molecule has 1 aliphatic rings. The van der Waals surface area contributed by atoms with E-state index in [1.165, 1.54) is 5.56 Å². The van der Waals surface area contributed by atoms with E-state index >= 15 is 0 Å². The molecule has 0 saturated carbocycles. The molecule has 1 aromatic rings. The molecule has 1 aromatic carbocycles. The fraction of sp³-hybridized carbons (Fsp3) is 0.417. The van der Waals surface area contributed by atoms with E-state index in [4.69, 9.17) is 10.2 Å². The van der Waals surface area contributed by atoms with E-state index in [9.17, 15) is 0 Å². The maximum atomic E-state index is 8.93. The van der Waals surface area contributed by atoms with Crippen molar-refractivity contribution in [2.45, 2.75) is 6.54 Å². The molecule has 16 heavy (non-hydrogen) atoms. The first-order valence-electron chi connectivity index (χ1n) is 5.52. The molecule has 1 aliphatic heterocycles. The van der Waals surface area contributed by atoms with Crippen LogP contribution in [0.1, 0.15) is 5.56 Å². The number of aliphatic hydroxyl groups is 2. The number of aliphatic hydroxyl groups excluding tert-OH is 1. The van der Waals surface area contributed by atoms with Crippen LogP contribution in [-0.2, 0) is 6.54 Å². The van der Waals surface area contributed by atoms with Crippen LogP contribution in [0.15, 0.2) is 30.3 Å². The molecule has 0 spiro atoms. The molecule has 0 aromatic heterocycles. The van der Waals surface area contributed by atoms with Crippen molar-refractivity contribution >= 4 is 6.08 Å². The molecule has 1 saturated heterocycles. The van der Waals surface area contributed by atoms with Crippen molar-refractivity contribution in [1.82, 2.24) is 4.90 Å². The van der Waals surface area contributed by atoms with Crippen molar-refractivity contribution in [3.63, 3.8) is 0 Å². The van der Waals surface area contributed by atoms with E-state index in [0.29, 0.717) is 13.1 Å². The average Bonchev–Trinajstić information content (AvgIpc) is 2.31. The Hall–Kier alpha value is -1.55. The van der Waals surface area contributed by atoms with Crippen LogP contribution in [0, 0.1) is 0 Å². The Kier molecular flexibility index (Phi) is 3.41. The van der Waals surface area contributed by atoms with Crippen molar-refractivity contribution in [2.24, 2.45) is 0 Å². The number of hydrogen-bond donors (Lipinski definition) is 2. The highest BCUT2D eigenvalue weighted by atomic mass is 16.5. The van der Waals surface area contributed by atoms with Crippen LogP contribution in [0.2, 0.25) is 0 Å². The molecule has 2 N–H and O–H groups in total. The van der Waals surface area contributed by atoms with E-state index in [1.807, 2.05) is 18.2 Å². The zero-order valence-electron chi connectivity index (χ0n) is 9.21. The molecular weight excluding hydrogens is 204 g/mol. The third-order valence-electron chi connectivity index (χ3n) is 2.90. The summed E-state index contributed by atoms with van der Waals surface area (Å²) in [5.41, 5.74) is 1.30. The second-order valence-corrected chi connectivity index (χ2v) is 4.05. The predicted octanol–water partition coefficient (Wildman–Crippen LogP) is 0.987. The smallest absolute Gasteiger partial charge is 0.430 e. The quantitative estimate of drug-likeness (QED) is 0.578. The minimum absolute atomic E-state index is 0.556. The predicted molar refractivity (Wildman–Crippen MR) is 62.0 cm³/mol. The monoisotopic (exact) mass is 221 g/mol. The van der Waals surface area contributed by atoms with Crippen LogP contribution in [0.5, 0.6) is 0 Å². The molecule has 0 unspecified atom stereocenters. The van der Waals surface area contributed by atoms with Crippen molar-refractivity contribution in [2.75, 3.05) is 26.2 Å². The summed E-state index contributed by atoms with van der Waals surface area (Å²) in [5, 5.41) is 17.9. The van der Waals surface area contributed by atoms with E-state index < -0.39 is 6.08 Å². The van der Waals surface area contributed by atoms with Gasteiger partial charge in [-0.3, -0.25) is 4.90 Å². The van der Waals surface area contributed by atoms with Gasteiger partial charge < -0.3 is 10.2 Å². The van der Waals surface area contributed by atoms with Crippen LogP contribution in [0.3, 0.4) is 0 Å². The maximum absolute atomic E-state index is 8.93. The van der Waals surface area contributed by atoms with Gasteiger partial charge in [-0.05, 0) is 5.56 Å². The highest BCUT2D eigenvalue weighted by Gasteiger charge is 2.21. The van der Waals surface area contributed by atoms with Gasteiger partial charge in [0.05, 0.1) is 13.1 Å². The van der Waals surface area contributed by atoms with Gasteiger partial charge in [-0.1, -0.05) is 30.3 Å². The molecular formula is C12H17N2O2+. The van der Waals surface area contributed by atoms with E-state index in [1.54, 1.807) is 4.58 Å². The van der Waals surface area contributed by atoms with Gasteiger partial charge in [-0.15, -0.1) is 0 Å².